The van der Waals surface area contributed by atoms with Crippen LogP contribution in [-0.4, -0.2) is 46.9 Å². The maximum Gasteiger partial charge on any atom is 0.253 e. The van der Waals surface area contributed by atoms with Crippen LogP contribution in [0.15, 0.2) is 52.5 Å². The Hall–Kier alpha value is -2.44. The molecule has 1 saturated heterocycles. The van der Waals surface area contributed by atoms with E-state index in [1.165, 1.54) is 5.56 Å². The molecule has 3 aromatic rings. The van der Waals surface area contributed by atoms with Crippen LogP contribution in [0.4, 0.5) is 0 Å². The zero-order valence-corrected chi connectivity index (χ0v) is 16.2. The normalized spacial score (nSPS) is 15.2. The highest BCUT2D eigenvalue weighted by atomic mass is 32.1. The first-order chi connectivity index (χ1) is 13.2. The molecule has 1 aliphatic rings. The van der Waals surface area contributed by atoms with Crippen molar-refractivity contribution in [2.24, 2.45) is 0 Å². The third kappa shape index (κ3) is 4.12. The molecule has 27 heavy (non-hydrogen) atoms. The van der Waals surface area contributed by atoms with E-state index in [4.69, 9.17) is 4.42 Å². The monoisotopic (exact) mass is 381 g/mol. The van der Waals surface area contributed by atoms with Crippen LogP contribution in [0.1, 0.15) is 28.5 Å². The van der Waals surface area contributed by atoms with Gasteiger partial charge in [0.15, 0.2) is 10.8 Å². The molecule has 0 spiro atoms. The molecule has 0 N–H and O–H groups in total. The summed E-state index contributed by atoms with van der Waals surface area (Å²) in [5.41, 5.74) is 3.10. The highest BCUT2D eigenvalue weighted by molar-refractivity contribution is 7.13. The van der Waals surface area contributed by atoms with E-state index in [-0.39, 0.29) is 5.91 Å². The topological polar surface area (TPSA) is 49.6 Å². The standard InChI is InChI=1S/C21H23N3O2S/c1-2-16-5-7-17(8-6-16)21(25)24-11-9-23(10-12-24)14-18-15-27-20(22-18)19-4-3-13-26-19/h3-8,13,15H,2,9-12,14H2,1H3. The summed E-state index contributed by atoms with van der Waals surface area (Å²) in [4.78, 5) is 21.7. The van der Waals surface area contributed by atoms with Crippen molar-refractivity contribution in [1.29, 1.82) is 0 Å². The van der Waals surface area contributed by atoms with E-state index in [1.807, 2.05) is 41.3 Å². The van der Waals surface area contributed by atoms with Crippen LogP contribution in [0.2, 0.25) is 0 Å². The summed E-state index contributed by atoms with van der Waals surface area (Å²) < 4.78 is 5.41. The number of nitrogens with zero attached hydrogens (tertiary/aromatic N) is 3. The summed E-state index contributed by atoms with van der Waals surface area (Å²) in [6.45, 7) is 6.17. The highest BCUT2D eigenvalue weighted by Crippen LogP contribution is 2.24. The Morgan fingerprint density at radius 1 is 1.15 bits per heavy atom. The Bertz CT molecular complexity index is 879. The SMILES string of the molecule is CCc1ccc(C(=O)N2CCN(Cc3csc(-c4ccco4)n3)CC2)cc1. The van der Waals surface area contributed by atoms with E-state index >= 15 is 0 Å². The quantitative estimate of drug-likeness (QED) is 0.672. The predicted octanol–water partition coefficient (Wildman–Crippen LogP) is 3.92. The second kappa shape index (κ2) is 8.06. The third-order valence-electron chi connectivity index (χ3n) is 4.94. The van der Waals surface area contributed by atoms with Crippen LogP contribution in [0.25, 0.3) is 10.8 Å². The Labute approximate surface area is 163 Å². The lowest BCUT2D eigenvalue weighted by molar-refractivity contribution is 0.0627. The lowest BCUT2D eigenvalue weighted by Crippen LogP contribution is -2.48. The summed E-state index contributed by atoms with van der Waals surface area (Å²) in [5.74, 6) is 0.946. The van der Waals surface area contributed by atoms with Crippen molar-refractivity contribution in [2.75, 3.05) is 26.2 Å². The number of aromatic nitrogens is 1. The van der Waals surface area contributed by atoms with Gasteiger partial charge in [-0.1, -0.05) is 19.1 Å². The summed E-state index contributed by atoms with van der Waals surface area (Å²) in [6, 6.07) is 11.8. The van der Waals surface area contributed by atoms with Crippen LogP contribution in [0.5, 0.6) is 0 Å². The molecule has 2 aromatic heterocycles. The molecule has 140 valence electrons. The minimum Gasteiger partial charge on any atom is -0.462 e. The van der Waals surface area contributed by atoms with E-state index in [0.717, 1.165) is 61.2 Å². The van der Waals surface area contributed by atoms with Gasteiger partial charge in [0.25, 0.3) is 5.91 Å². The lowest BCUT2D eigenvalue weighted by atomic mass is 10.1. The van der Waals surface area contributed by atoms with Crippen molar-refractivity contribution in [3.8, 4) is 10.8 Å². The first-order valence-corrected chi connectivity index (χ1v) is 10.2. The smallest absolute Gasteiger partial charge is 0.253 e. The number of piperazine rings is 1. The van der Waals surface area contributed by atoms with Crippen molar-refractivity contribution >= 4 is 17.2 Å². The van der Waals surface area contributed by atoms with Gasteiger partial charge in [-0.25, -0.2) is 4.98 Å². The number of amides is 1. The van der Waals surface area contributed by atoms with Crippen LogP contribution in [-0.2, 0) is 13.0 Å². The van der Waals surface area contributed by atoms with Crippen LogP contribution < -0.4 is 0 Å². The minimum atomic E-state index is 0.131. The van der Waals surface area contributed by atoms with Gasteiger partial charge in [0.2, 0.25) is 0 Å². The Kier molecular flexibility index (Phi) is 5.36. The molecule has 4 rings (SSSR count). The van der Waals surface area contributed by atoms with Gasteiger partial charge in [-0.15, -0.1) is 11.3 Å². The van der Waals surface area contributed by atoms with Gasteiger partial charge < -0.3 is 9.32 Å². The number of thiazole rings is 1. The molecule has 1 aromatic carbocycles. The maximum atomic E-state index is 12.7. The van der Waals surface area contributed by atoms with E-state index in [1.54, 1.807) is 17.6 Å². The van der Waals surface area contributed by atoms with Crippen molar-refractivity contribution in [1.82, 2.24) is 14.8 Å². The van der Waals surface area contributed by atoms with E-state index in [9.17, 15) is 4.79 Å². The summed E-state index contributed by atoms with van der Waals surface area (Å²) >= 11 is 1.61. The number of carbonyl (C=O) groups excluding carboxylic acids is 1. The molecule has 0 saturated carbocycles. The molecule has 1 amide bonds. The van der Waals surface area contributed by atoms with Crippen LogP contribution in [0.3, 0.4) is 0 Å². The molecule has 0 bridgehead atoms. The first kappa shape index (κ1) is 17.9. The largest absolute Gasteiger partial charge is 0.462 e. The Morgan fingerprint density at radius 3 is 2.59 bits per heavy atom. The maximum absolute atomic E-state index is 12.7. The molecule has 1 fully saturated rings. The summed E-state index contributed by atoms with van der Waals surface area (Å²) in [7, 11) is 0. The number of aryl methyl sites for hydroxylation is 1. The Morgan fingerprint density at radius 2 is 1.93 bits per heavy atom. The van der Waals surface area contributed by atoms with Gasteiger partial charge in [0.05, 0.1) is 12.0 Å². The van der Waals surface area contributed by atoms with Crippen molar-refractivity contribution in [3.63, 3.8) is 0 Å². The first-order valence-electron chi connectivity index (χ1n) is 9.32. The number of furan rings is 1. The average Bonchev–Trinajstić information content (AvgIpc) is 3.40. The summed E-state index contributed by atoms with van der Waals surface area (Å²) in [5, 5.41) is 3.00. The summed E-state index contributed by atoms with van der Waals surface area (Å²) in [6.07, 6.45) is 2.66. The molecular weight excluding hydrogens is 358 g/mol. The van der Waals surface area contributed by atoms with Gasteiger partial charge >= 0.3 is 0 Å². The number of hydrogen-bond donors (Lipinski definition) is 0. The fraction of sp³-hybridized carbons (Fsp3) is 0.333. The lowest BCUT2D eigenvalue weighted by Gasteiger charge is -2.34. The van der Waals surface area contributed by atoms with E-state index in [0.29, 0.717) is 0 Å². The van der Waals surface area contributed by atoms with Gasteiger partial charge in [-0.3, -0.25) is 9.69 Å². The van der Waals surface area contributed by atoms with Crippen LogP contribution in [0, 0.1) is 0 Å². The van der Waals surface area contributed by atoms with E-state index < -0.39 is 0 Å². The zero-order valence-electron chi connectivity index (χ0n) is 15.4. The molecular formula is C21H23N3O2S. The molecule has 0 unspecified atom stereocenters. The number of hydrogen-bond acceptors (Lipinski definition) is 5. The third-order valence-corrected chi connectivity index (χ3v) is 5.84. The molecule has 5 nitrogen and oxygen atoms in total. The molecule has 0 aliphatic carbocycles. The van der Waals surface area contributed by atoms with Crippen LogP contribution >= 0.6 is 11.3 Å². The fourth-order valence-corrected chi connectivity index (χ4v) is 4.07. The second-order valence-electron chi connectivity index (χ2n) is 6.74. The average molecular weight is 382 g/mol. The van der Waals surface area contributed by atoms with Crippen molar-refractivity contribution in [2.45, 2.75) is 19.9 Å². The van der Waals surface area contributed by atoms with Gasteiger partial charge in [0, 0.05) is 43.7 Å². The van der Waals surface area contributed by atoms with Gasteiger partial charge in [-0.2, -0.15) is 0 Å². The van der Waals surface area contributed by atoms with Crippen molar-refractivity contribution in [3.05, 3.63) is 64.9 Å². The zero-order chi connectivity index (χ0) is 18.6. The van der Waals surface area contributed by atoms with E-state index in [2.05, 4.69) is 22.2 Å². The van der Waals surface area contributed by atoms with Crippen molar-refractivity contribution < 1.29 is 9.21 Å². The number of benzene rings is 1. The molecule has 1 aliphatic heterocycles. The number of carbonyl (C=O) groups is 1. The molecule has 3 heterocycles. The minimum absolute atomic E-state index is 0.131. The highest BCUT2D eigenvalue weighted by Gasteiger charge is 2.22. The second-order valence-corrected chi connectivity index (χ2v) is 7.60. The molecule has 6 heteroatoms. The van der Waals surface area contributed by atoms with Gasteiger partial charge in [-0.05, 0) is 36.2 Å². The number of rotatable bonds is 5. The predicted molar refractivity (Wildman–Crippen MR) is 107 cm³/mol. The van der Waals surface area contributed by atoms with Gasteiger partial charge in [0.1, 0.15) is 0 Å². The molecule has 0 radical (unpaired) electrons. The fourth-order valence-electron chi connectivity index (χ4n) is 3.30. The Balaban J connectivity index is 1.31. The molecule has 0 atom stereocenters.